The van der Waals surface area contributed by atoms with E-state index in [0.29, 0.717) is 28.5 Å². The van der Waals surface area contributed by atoms with Crippen LogP contribution in [0.5, 0.6) is 0 Å². The van der Waals surface area contributed by atoms with Crippen LogP contribution in [0.2, 0.25) is 0 Å². The highest BCUT2D eigenvalue weighted by atomic mass is 32.1. The lowest BCUT2D eigenvalue weighted by molar-refractivity contribution is 0.563. The van der Waals surface area contributed by atoms with Gasteiger partial charge in [-0.25, -0.2) is 14.2 Å². The Labute approximate surface area is 146 Å². The molecular formula is C19H13FN2O2S. The van der Waals surface area contributed by atoms with Crippen molar-refractivity contribution < 1.29 is 8.81 Å². The lowest BCUT2D eigenvalue weighted by Crippen LogP contribution is -2.03. The van der Waals surface area contributed by atoms with E-state index in [9.17, 15) is 9.18 Å². The minimum absolute atomic E-state index is 0.261. The van der Waals surface area contributed by atoms with Gasteiger partial charge >= 0.3 is 5.63 Å². The molecule has 0 saturated carbocycles. The van der Waals surface area contributed by atoms with Crippen molar-refractivity contribution in [2.24, 2.45) is 0 Å². The molecule has 0 bridgehead atoms. The van der Waals surface area contributed by atoms with Gasteiger partial charge in [0.15, 0.2) is 5.13 Å². The third kappa shape index (κ3) is 3.29. The van der Waals surface area contributed by atoms with Gasteiger partial charge in [0.05, 0.1) is 11.3 Å². The predicted molar refractivity (Wildman–Crippen MR) is 97.3 cm³/mol. The molecule has 0 aliphatic carbocycles. The summed E-state index contributed by atoms with van der Waals surface area (Å²) in [7, 11) is 0. The van der Waals surface area contributed by atoms with Crippen molar-refractivity contribution in [3.63, 3.8) is 0 Å². The number of halogens is 1. The summed E-state index contributed by atoms with van der Waals surface area (Å²) >= 11 is 1.40. The highest BCUT2D eigenvalue weighted by Gasteiger charge is 2.11. The monoisotopic (exact) mass is 352 g/mol. The van der Waals surface area contributed by atoms with Crippen LogP contribution in [0.3, 0.4) is 0 Å². The minimum Gasteiger partial charge on any atom is -0.422 e. The molecule has 0 aliphatic heterocycles. The molecule has 6 heteroatoms. The quantitative estimate of drug-likeness (QED) is 0.542. The van der Waals surface area contributed by atoms with E-state index in [1.807, 2.05) is 23.6 Å². The largest absolute Gasteiger partial charge is 0.422 e. The van der Waals surface area contributed by atoms with Gasteiger partial charge in [-0.3, -0.25) is 0 Å². The van der Waals surface area contributed by atoms with E-state index in [1.165, 1.54) is 23.5 Å². The van der Waals surface area contributed by atoms with Crippen molar-refractivity contribution in [1.82, 2.24) is 4.98 Å². The second-order valence-corrected chi connectivity index (χ2v) is 6.36. The molecule has 4 nitrogen and oxygen atoms in total. The lowest BCUT2D eigenvalue weighted by atomic mass is 10.1. The van der Waals surface area contributed by atoms with Crippen LogP contribution < -0.4 is 10.9 Å². The summed E-state index contributed by atoms with van der Waals surface area (Å²) in [5.74, 6) is -0.261. The molecule has 2 aromatic heterocycles. The molecule has 2 aromatic carbocycles. The first kappa shape index (κ1) is 15.5. The molecule has 0 atom stereocenters. The highest BCUT2D eigenvalue weighted by molar-refractivity contribution is 7.14. The molecule has 4 aromatic rings. The van der Waals surface area contributed by atoms with Crippen molar-refractivity contribution in [3.05, 3.63) is 81.8 Å². The number of hydrogen-bond acceptors (Lipinski definition) is 5. The van der Waals surface area contributed by atoms with E-state index >= 15 is 0 Å². The third-order valence-corrected chi connectivity index (χ3v) is 4.58. The van der Waals surface area contributed by atoms with Crippen molar-refractivity contribution in [2.75, 3.05) is 5.32 Å². The fourth-order valence-corrected chi connectivity index (χ4v) is 3.21. The van der Waals surface area contributed by atoms with Gasteiger partial charge in [-0.1, -0.05) is 30.3 Å². The van der Waals surface area contributed by atoms with Gasteiger partial charge in [-0.15, -0.1) is 11.3 Å². The van der Waals surface area contributed by atoms with Crippen molar-refractivity contribution in [3.8, 4) is 11.3 Å². The maximum Gasteiger partial charge on any atom is 0.345 e. The van der Waals surface area contributed by atoms with E-state index < -0.39 is 5.63 Å². The molecule has 0 aliphatic rings. The molecule has 0 spiro atoms. The smallest absolute Gasteiger partial charge is 0.345 e. The molecule has 0 radical (unpaired) electrons. The zero-order valence-electron chi connectivity index (χ0n) is 13.0. The van der Waals surface area contributed by atoms with E-state index in [0.717, 1.165) is 10.9 Å². The second-order valence-electron chi connectivity index (χ2n) is 5.50. The molecule has 0 amide bonds. The minimum atomic E-state index is -0.408. The fraction of sp³-hybridized carbons (Fsp3) is 0.0526. The number of aromatic nitrogens is 1. The number of rotatable bonds is 4. The van der Waals surface area contributed by atoms with Crippen LogP contribution in [0.15, 0.2) is 69.2 Å². The molecular weight excluding hydrogens is 339 g/mol. The number of benzene rings is 2. The summed E-state index contributed by atoms with van der Waals surface area (Å²) in [5, 5.41) is 6.53. The van der Waals surface area contributed by atoms with E-state index in [1.54, 1.807) is 24.3 Å². The summed E-state index contributed by atoms with van der Waals surface area (Å²) in [6, 6.07) is 15.4. The SMILES string of the molecule is O=c1oc2ccccc2cc1-c1csc(NCc2ccc(F)cc2)n1. The topological polar surface area (TPSA) is 55.1 Å². The van der Waals surface area contributed by atoms with E-state index in [-0.39, 0.29) is 5.82 Å². The van der Waals surface area contributed by atoms with Crippen LogP contribution in [0.4, 0.5) is 9.52 Å². The lowest BCUT2D eigenvalue weighted by Gasteiger charge is -2.02. The average Bonchev–Trinajstić information content (AvgIpc) is 3.09. The summed E-state index contributed by atoms with van der Waals surface area (Å²) in [5.41, 5.74) is 2.11. The van der Waals surface area contributed by atoms with Crippen LogP contribution in [0.1, 0.15) is 5.56 Å². The Morgan fingerprint density at radius 2 is 1.92 bits per heavy atom. The number of nitrogens with one attached hydrogen (secondary N) is 1. The third-order valence-electron chi connectivity index (χ3n) is 3.78. The summed E-state index contributed by atoms with van der Waals surface area (Å²) in [6.45, 7) is 0.527. The number of anilines is 1. The van der Waals surface area contributed by atoms with Crippen molar-refractivity contribution >= 4 is 27.4 Å². The molecule has 124 valence electrons. The van der Waals surface area contributed by atoms with E-state index in [2.05, 4.69) is 10.3 Å². The van der Waals surface area contributed by atoms with Crippen LogP contribution in [-0.4, -0.2) is 4.98 Å². The van der Waals surface area contributed by atoms with Crippen LogP contribution in [0, 0.1) is 5.82 Å². The fourth-order valence-electron chi connectivity index (χ4n) is 2.50. The second kappa shape index (κ2) is 6.49. The first-order valence-electron chi connectivity index (χ1n) is 7.66. The summed E-state index contributed by atoms with van der Waals surface area (Å²) < 4.78 is 18.3. The molecule has 1 N–H and O–H groups in total. The normalized spacial score (nSPS) is 10.9. The highest BCUT2D eigenvalue weighted by Crippen LogP contribution is 2.25. The summed E-state index contributed by atoms with van der Waals surface area (Å²) in [6.07, 6.45) is 0. The number of nitrogens with zero attached hydrogens (tertiary/aromatic N) is 1. The van der Waals surface area contributed by atoms with Gasteiger partial charge in [0.25, 0.3) is 0 Å². The van der Waals surface area contributed by atoms with Gasteiger partial charge in [-0.2, -0.15) is 0 Å². The Hall–Kier alpha value is -2.99. The van der Waals surface area contributed by atoms with Crippen LogP contribution in [-0.2, 0) is 6.54 Å². The van der Waals surface area contributed by atoms with Gasteiger partial charge in [0, 0.05) is 17.3 Å². The first-order chi connectivity index (χ1) is 12.2. The number of para-hydroxylation sites is 1. The number of hydrogen-bond donors (Lipinski definition) is 1. The Morgan fingerprint density at radius 3 is 2.76 bits per heavy atom. The van der Waals surface area contributed by atoms with Gasteiger partial charge < -0.3 is 9.73 Å². The predicted octanol–water partition coefficient (Wildman–Crippen LogP) is 4.67. The standard InChI is InChI=1S/C19H13FN2O2S/c20-14-7-5-12(6-8-14)10-21-19-22-16(11-25-19)15-9-13-3-1-2-4-17(13)24-18(15)23/h1-9,11H,10H2,(H,21,22). The first-order valence-corrected chi connectivity index (χ1v) is 8.54. The summed E-state index contributed by atoms with van der Waals surface area (Å²) in [4.78, 5) is 16.7. The Morgan fingerprint density at radius 1 is 1.12 bits per heavy atom. The number of fused-ring (bicyclic) bond motifs is 1. The Balaban J connectivity index is 1.57. The average molecular weight is 352 g/mol. The van der Waals surface area contributed by atoms with Crippen molar-refractivity contribution in [1.29, 1.82) is 0 Å². The Kier molecular flexibility index (Phi) is 4.03. The zero-order chi connectivity index (χ0) is 17.2. The maximum absolute atomic E-state index is 12.9. The molecule has 0 fully saturated rings. The Bertz CT molecular complexity index is 1090. The van der Waals surface area contributed by atoms with Gasteiger partial charge in [0.2, 0.25) is 0 Å². The van der Waals surface area contributed by atoms with Gasteiger partial charge in [0.1, 0.15) is 11.4 Å². The van der Waals surface area contributed by atoms with Crippen molar-refractivity contribution in [2.45, 2.75) is 6.54 Å². The van der Waals surface area contributed by atoms with E-state index in [4.69, 9.17) is 4.42 Å². The zero-order valence-corrected chi connectivity index (χ0v) is 13.8. The molecule has 0 unspecified atom stereocenters. The maximum atomic E-state index is 12.9. The van der Waals surface area contributed by atoms with Gasteiger partial charge in [-0.05, 0) is 29.8 Å². The van der Waals surface area contributed by atoms with Crippen LogP contribution in [0.25, 0.3) is 22.2 Å². The van der Waals surface area contributed by atoms with Crippen LogP contribution >= 0.6 is 11.3 Å². The molecule has 0 saturated heterocycles. The molecule has 25 heavy (non-hydrogen) atoms. The molecule has 4 rings (SSSR count). The number of thiazole rings is 1. The molecule has 2 heterocycles.